The number of hydrazine groups is 1. The summed E-state index contributed by atoms with van der Waals surface area (Å²) in [4.78, 5) is 13.7. The van der Waals surface area contributed by atoms with Crippen LogP contribution in [0.25, 0.3) is 0 Å². The predicted octanol–water partition coefficient (Wildman–Crippen LogP) is 0.164. The Labute approximate surface area is 71.0 Å². The normalized spacial score (nSPS) is 11.2. The van der Waals surface area contributed by atoms with Crippen LogP contribution < -0.4 is 11.2 Å². The van der Waals surface area contributed by atoms with Gasteiger partial charge in [0.05, 0.1) is 0 Å². The predicted molar refractivity (Wildman–Crippen MR) is 44.6 cm³/mol. The summed E-state index contributed by atoms with van der Waals surface area (Å²) < 4.78 is 0. The molecule has 0 bridgehead atoms. The van der Waals surface area contributed by atoms with Gasteiger partial charge in [0.25, 0.3) is 5.96 Å². The molecule has 70 valence electrons. The molecule has 0 saturated heterocycles. The average molecular weight is 175 g/mol. The molecule has 0 aliphatic carbocycles. The maximum absolute atomic E-state index is 9.94. The molecule has 0 aliphatic rings. The van der Waals surface area contributed by atoms with Crippen molar-refractivity contribution < 1.29 is 10.2 Å². The molecule has 0 rings (SSSR count). The fraction of sp³-hybridized carbons (Fsp3) is 0.833. The maximum atomic E-state index is 9.94. The summed E-state index contributed by atoms with van der Waals surface area (Å²) in [6.45, 7) is 2.65. The molecule has 0 unspecified atom stereocenters. The number of guanidine groups is 1. The van der Waals surface area contributed by atoms with Crippen molar-refractivity contribution in [1.82, 2.24) is 5.43 Å². The minimum absolute atomic E-state index is 0.0661. The second kappa shape index (κ2) is 6.38. The van der Waals surface area contributed by atoms with E-state index in [1.165, 1.54) is 0 Å². The van der Waals surface area contributed by atoms with Crippen molar-refractivity contribution in [3.8, 4) is 0 Å². The Bertz CT molecular complexity index is 169. The highest BCUT2D eigenvalue weighted by atomic mass is 16.7. The molecule has 6 heteroatoms. The Balaban J connectivity index is 3.48. The van der Waals surface area contributed by atoms with Gasteiger partial charge in [0.15, 0.2) is 0 Å². The van der Waals surface area contributed by atoms with Crippen molar-refractivity contribution in [1.29, 1.82) is 0 Å². The third-order valence-corrected chi connectivity index (χ3v) is 1.25. The second-order valence-corrected chi connectivity index (χ2v) is 2.36. The molecule has 0 fully saturated rings. The van der Waals surface area contributed by atoms with Crippen molar-refractivity contribution in [2.75, 3.05) is 6.54 Å². The molecule has 0 aromatic carbocycles. The number of nitrogens with two attached hydrogens (primary N) is 1. The number of hydrogen-bond acceptors (Lipinski definition) is 2. The zero-order valence-electron chi connectivity index (χ0n) is 7.16. The van der Waals surface area contributed by atoms with E-state index in [-0.39, 0.29) is 5.96 Å². The van der Waals surface area contributed by atoms with Gasteiger partial charge in [0, 0.05) is 6.54 Å². The van der Waals surface area contributed by atoms with Gasteiger partial charge in [-0.15, -0.1) is 0 Å². The lowest BCUT2D eigenvalue weighted by Gasteiger charge is -1.93. The zero-order valence-corrected chi connectivity index (χ0v) is 7.16. The lowest BCUT2D eigenvalue weighted by atomic mass is 10.2. The van der Waals surface area contributed by atoms with Crippen molar-refractivity contribution >= 4 is 5.96 Å². The standard InChI is InChI=1S/C6H15N4O2/c1-2-3-4-5-8-6(7)9-10(11)12/h2-5H2,1H3,(H,11,12)(H3,7,8,9)/q+1. The monoisotopic (exact) mass is 175 g/mol. The first kappa shape index (κ1) is 10.7. The van der Waals surface area contributed by atoms with Gasteiger partial charge in [-0.3, -0.25) is 0 Å². The second-order valence-electron chi connectivity index (χ2n) is 2.36. The maximum Gasteiger partial charge on any atom is 0.362 e. The molecular formula is C6H15N4O2+. The summed E-state index contributed by atoms with van der Waals surface area (Å²) in [6.07, 6.45) is 3.12. The molecule has 0 amide bonds. The van der Waals surface area contributed by atoms with Gasteiger partial charge in [-0.2, -0.15) is 0 Å². The highest BCUT2D eigenvalue weighted by Gasteiger charge is 2.02. The smallest absolute Gasteiger partial charge is 0.362 e. The van der Waals surface area contributed by atoms with Crippen LogP contribution in [0.1, 0.15) is 26.2 Å². The van der Waals surface area contributed by atoms with Crippen LogP contribution in [0.3, 0.4) is 0 Å². The quantitative estimate of drug-likeness (QED) is 0.240. The number of nitrogens with one attached hydrogen (secondary N) is 1. The van der Waals surface area contributed by atoms with Crippen molar-refractivity contribution in [2.24, 2.45) is 10.7 Å². The van der Waals surface area contributed by atoms with E-state index in [4.69, 9.17) is 10.9 Å². The van der Waals surface area contributed by atoms with E-state index in [0.29, 0.717) is 6.54 Å². The van der Waals surface area contributed by atoms with Crippen molar-refractivity contribution in [2.45, 2.75) is 26.2 Å². The molecule has 0 aliphatic heterocycles. The number of nitrogens with zero attached hydrogens (tertiary/aromatic N) is 2. The van der Waals surface area contributed by atoms with Gasteiger partial charge in [-0.1, -0.05) is 19.8 Å². The van der Waals surface area contributed by atoms with E-state index in [2.05, 4.69) is 11.9 Å². The SMILES string of the molecule is CCCCCN=C(N)N[N+](=O)O. The first-order valence-electron chi connectivity index (χ1n) is 3.89. The summed E-state index contributed by atoms with van der Waals surface area (Å²) >= 11 is 0. The van der Waals surface area contributed by atoms with Gasteiger partial charge in [0.2, 0.25) is 0 Å². The Hall–Kier alpha value is -1.33. The number of hydrogen-bond donors (Lipinski definition) is 3. The zero-order chi connectivity index (χ0) is 9.40. The Morgan fingerprint density at radius 2 is 2.33 bits per heavy atom. The Morgan fingerprint density at radius 3 is 2.83 bits per heavy atom. The molecular weight excluding hydrogens is 160 g/mol. The lowest BCUT2D eigenvalue weighted by Crippen LogP contribution is -2.37. The Morgan fingerprint density at radius 1 is 1.67 bits per heavy atom. The molecule has 0 aromatic heterocycles. The topological polar surface area (TPSA) is 90.7 Å². The molecule has 12 heavy (non-hydrogen) atoms. The van der Waals surface area contributed by atoms with Crippen LogP contribution in [-0.4, -0.2) is 22.7 Å². The van der Waals surface area contributed by atoms with Crippen LogP contribution in [-0.2, 0) is 0 Å². The third kappa shape index (κ3) is 6.79. The van der Waals surface area contributed by atoms with Crippen LogP contribution in [0.5, 0.6) is 0 Å². The average Bonchev–Trinajstić information content (AvgIpc) is 1.97. The molecule has 0 radical (unpaired) electrons. The van der Waals surface area contributed by atoms with Gasteiger partial charge in [-0.05, 0) is 11.8 Å². The van der Waals surface area contributed by atoms with E-state index in [0.717, 1.165) is 19.3 Å². The van der Waals surface area contributed by atoms with Gasteiger partial charge in [-0.25, -0.2) is 10.2 Å². The highest BCUT2D eigenvalue weighted by Crippen LogP contribution is 1.92. The first-order chi connectivity index (χ1) is 5.66. The summed E-state index contributed by atoms with van der Waals surface area (Å²) in [5, 5.41) is 7.66. The fourth-order valence-corrected chi connectivity index (χ4v) is 0.695. The van der Waals surface area contributed by atoms with E-state index < -0.39 is 5.03 Å². The van der Waals surface area contributed by atoms with Crippen LogP contribution >= 0.6 is 0 Å². The van der Waals surface area contributed by atoms with Gasteiger partial charge < -0.3 is 5.73 Å². The molecule has 0 spiro atoms. The van der Waals surface area contributed by atoms with Crippen LogP contribution in [0.2, 0.25) is 0 Å². The number of rotatable bonds is 5. The van der Waals surface area contributed by atoms with E-state index in [9.17, 15) is 4.91 Å². The summed E-state index contributed by atoms with van der Waals surface area (Å²) in [7, 11) is 0. The lowest BCUT2D eigenvalue weighted by molar-refractivity contribution is -0.822. The van der Waals surface area contributed by atoms with Crippen LogP contribution in [0.15, 0.2) is 4.99 Å². The largest absolute Gasteiger partial charge is 0.365 e. The molecule has 0 saturated carbocycles. The van der Waals surface area contributed by atoms with E-state index in [1.54, 1.807) is 0 Å². The minimum atomic E-state index is -0.474. The third-order valence-electron chi connectivity index (χ3n) is 1.25. The summed E-state index contributed by atoms with van der Waals surface area (Å²) in [5.74, 6) is -0.0661. The minimum Gasteiger partial charge on any atom is -0.365 e. The van der Waals surface area contributed by atoms with E-state index >= 15 is 0 Å². The number of unbranched alkanes of at least 4 members (excludes halogenated alkanes) is 2. The molecule has 4 N–H and O–H groups in total. The molecule has 0 heterocycles. The highest BCUT2D eigenvalue weighted by molar-refractivity contribution is 5.76. The Kier molecular flexibility index (Phi) is 5.68. The fourth-order valence-electron chi connectivity index (χ4n) is 0.695. The van der Waals surface area contributed by atoms with Crippen molar-refractivity contribution in [3.63, 3.8) is 0 Å². The molecule has 0 aromatic rings. The number of aliphatic imine (C=N–C) groups is 1. The van der Waals surface area contributed by atoms with Crippen LogP contribution in [0, 0.1) is 4.91 Å². The van der Waals surface area contributed by atoms with E-state index in [1.807, 2.05) is 5.43 Å². The van der Waals surface area contributed by atoms with Crippen LogP contribution in [0.4, 0.5) is 0 Å². The first-order valence-corrected chi connectivity index (χ1v) is 3.89. The van der Waals surface area contributed by atoms with Gasteiger partial charge in [0.1, 0.15) is 4.91 Å². The summed E-state index contributed by atoms with van der Waals surface area (Å²) in [6, 6.07) is 0. The summed E-state index contributed by atoms with van der Waals surface area (Å²) in [5.41, 5.74) is 7.07. The molecule has 6 nitrogen and oxygen atoms in total. The molecule has 0 atom stereocenters. The van der Waals surface area contributed by atoms with Gasteiger partial charge >= 0.3 is 5.03 Å². The van der Waals surface area contributed by atoms with Crippen molar-refractivity contribution in [3.05, 3.63) is 4.91 Å².